The fraction of sp³-hybridized carbons (Fsp3) is 0.552. The number of rotatable bonds is 11. The van der Waals surface area contributed by atoms with E-state index in [9.17, 15) is 4.79 Å². The third kappa shape index (κ3) is 7.06. The zero-order valence-corrected chi connectivity index (χ0v) is 25.4. The van der Waals surface area contributed by atoms with Crippen LogP contribution in [0.4, 0.5) is 22.1 Å². The van der Waals surface area contributed by atoms with Crippen molar-refractivity contribution in [3.63, 3.8) is 0 Å². The van der Waals surface area contributed by atoms with Gasteiger partial charge in [-0.1, -0.05) is 13.8 Å². The Balaban J connectivity index is 1.56. The number of hydrogen-bond acceptors (Lipinski definition) is 10. The number of nitrogens with zero attached hydrogens (tertiary/aromatic N) is 4. The number of fused-ring (bicyclic) bond motifs is 1. The van der Waals surface area contributed by atoms with E-state index in [0.29, 0.717) is 24.3 Å². The first-order valence-electron chi connectivity index (χ1n) is 13.7. The number of ether oxygens (including phenoxy) is 3. The molecule has 1 saturated heterocycles. The highest BCUT2D eigenvalue weighted by molar-refractivity contribution is 7.17. The zero-order chi connectivity index (χ0) is 29.0. The maximum absolute atomic E-state index is 11.6. The number of hydrogen-bond donors (Lipinski definition) is 2. The van der Waals surface area contributed by atoms with Gasteiger partial charge in [-0.2, -0.15) is 4.98 Å². The number of amides is 1. The lowest BCUT2D eigenvalue weighted by Gasteiger charge is -2.37. The van der Waals surface area contributed by atoms with E-state index in [1.165, 1.54) is 11.3 Å². The molecule has 218 valence electrons. The molecular weight excluding hydrogens is 528 g/mol. The fourth-order valence-corrected chi connectivity index (χ4v) is 6.34. The van der Waals surface area contributed by atoms with Crippen LogP contribution in [0.2, 0.25) is 0 Å². The number of piperidine rings is 1. The normalized spacial score (nSPS) is 15.9. The molecule has 2 aromatic heterocycles. The van der Waals surface area contributed by atoms with Crippen molar-refractivity contribution < 1.29 is 19.0 Å². The van der Waals surface area contributed by atoms with Crippen molar-refractivity contribution >= 4 is 45.0 Å². The van der Waals surface area contributed by atoms with Crippen LogP contribution in [0, 0.1) is 12.8 Å². The van der Waals surface area contributed by atoms with Crippen LogP contribution in [0.3, 0.4) is 0 Å². The molecule has 3 heterocycles. The molecule has 0 aliphatic carbocycles. The number of nitrogens with one attached hydrogen (secondary N) is 1. The standard InChI is InChI=1S/C29H42N6O4S/c1-18(2)15-29(4,39-27(30)36)17-38-25-24-19(3)16-40-26(24)33-28(32-25)31-20-8-9-22(23(14-20)37-7)35-12-10-21(11-13-35)34(5)6/h8-9,14,16,18,21H,10-13,15,17H2,1-7H3,(H2,30,36)(H,31,32,33)/t29-/m0/s1. The van der Waals surface area contributed by atoms with Gasteiger partial charge in [0.2, 0.25) is 11.8 Å². The second kappa shape index (κ2) is 12.5. The average Bonchev–Trinajstić information content (AvgIpc) is 3.27. The molecule has 4 rings (SSSR count). The maximum atomic E-state index is 11.6. The molecule has 11 heteroatoms. The van der Waals surface area contributed by atoms with Crippen LogP contribution in [0.15, 0.2) is 23.6 Å². The first-order valence-corrected chi connectivity index (χ1v) is 14.6. The highest BCUT2D eigenvalue weighted by Crippen LogP contribution is 2.36. The Kier molecular flexibility index (Phi) is 9.25. The van der Waals surface area contributed by atoms with E-state index >= 15 is 0 Å². The number of methoxy groups -OCH3 is 1. The monoisotopic (exact) mass is 570 g/mol. The molecule has 3 N–H and O–H groups in total. The summed E-state index contributed by atoms with van der Waals surface area (Å²) in [6.45, 7) is 10.0. The summed E-state index contributed by atoms with van der Waals surface area (Å²) in [4.78, 5) is 26.6. The van der Waals surface area contributed by atoms with Gasteiger partial charge in [-0.15, -0.1) is 11.3 Å². The number of carbonyl (C=O) groups is 1. The largest absolute Gasteiger partial charge is 0.495 e. The van der Waals surface area contributed by atoms with Gasteiger partial charge in [0, 0.05) is 30.9 Å². The van der Waals surface area contributed by atoms with Gasteiger partial charge in [-0.25, -0.2) is 9.78 Å². The minimum Gasteiger partial charge on any atom is -0.495 e. The Morgan fingerprint density at radius 3 is 2.62 bits per heavy atom. The number of aryl methyl sites for hydroxylation is 1. The van der Waals surface area contributed by atoms with Crippen LogP contribution < -0.4 is 25.4 Å². The lowest BCUT2D eigenvalue weighted by molar-refractivity contribution is -0.0192. The fourth-order valence-electron chi connectivity index (χ4n) is 5.43. The summed E-state index contributed by atoms with van der Waals surface area (Å²) in [5.41, 5.74) is 7.39. The van der Waals surface area contributed by atoms with Gasteiger partial charge >= 0.3 is 6.09 Å². The van der Waals surface area contributed by atoms with E-state index in [4.69, 9.17) is 29.9 Å². The number of thiophene rings is 1. The van der Waals surface area contributed by atoms with Crippen LogP contribution >= 0.6 is 11.3 Å². The number of benzene rings is 1. The van der Waals surface area contributed by atoms with Crippen LogP contribution in [0.1, 0.15) is 45.6 Å². The van der Waals surface area contributed by atoms with Crippen molar-refractivity contribution in [1.29, 1.82) is 0 Å². The molecule has 1 aliphatic heterocycles. The molecule has 0 unspecified atom stereocenters. The minimum absolute atomic E-state index is 0.113. The number of carbonyl (C=O) groups excluding carboxylic acids is 1. The smallest absolute Gasteiger partial charge is 0.405 e. The van der Waals surface area contributed by atoms with Crippen molar-refractivity contribution in [3.05, 3.63) is 29.1 Å². The Morgan fingerprint density at radius 1 is 1.27 bits per heavy atom. The van der Waals surface area contributed by atoms with Gasteiger partial charge in [0.15, 0.2) is 0 Å². The van der Waals surface area contributed by atoms with Crippen molar-refractivity contribution in [3.8, 4) is 11.6 Å². The summed E-state index contributed by atoms with van der Waals surface area (Å²) in [5, 5.41) is 6.20. The third-order valence-corrected chi connectivity index (χ3v) is 8.25. The van der Waals surface area contributed by atoms with Gasteiger partial charge in [0.05, 0.1) is 18.2 Å². The van der Waals surface area contributed by atoms with Crippen LogP contribution in [0.25, 0.3) is 10.2 Å². The average molecular weight is 571 g/mol. The van der Waals surface area contributed by atoms with E-state index in [2.05, 4.69) is 49.1 Å². The predicted octanol–water partition coefficient (Wildman–Crippen LogP) is 5.56. The van der Waals surface area contributed by atoms with Gasteiger partial charge in [0.1, 0.15) is 22.8 Å². The van der Waals surface area contributed by atoms with Gasteiger partial charge in [-0.05, 0) is 76.2 Å². The van der Waals surface area contributed by atoms with Crippen molar-refractivity contribution in [2.75, 3.05) is 51.1 Å². The number of aromatic nitrogens is 2. The van der Waals surface area contributed by atoms with Gasteiger partial charge in [-0.3, -0.25) is 0 Å². The van der Waals surface area contributed by atoms with Crippen LogP contribution in [-0.4, -0.2) is 73.5 Å². The lowest BCUT2D eigenvalue weighted by Crippen LogP contribution is -2.42. The summed E-state index contributed by atoms with van der Waals surface area (Å²) in [5.74, 6) is 1.91. The molecule has 0 radical (unpaired) electrons. The summed E-state index contributed by atoms with van der Waals surface area (Å²) in [6, 6.07) is 6.69. The first kappa shape index (κ1) is 29.7. The second-order valence-corrected chi connectivity index (χ2v) is 12.3. The molecule has 10 nitrogen and oxygen atoms in total. The molecule has 1 aromatic carbocycles. The Labute approximate surface area is 240 Å². The highest BCUT2D eigenvalue weighted by Gasteiger charge is 2.31. The molecule has 1 fully saturated rings. The molecule has 0 spiro atoms. The molecule has 1 amide bonds. The lowest BCUT2D eigenvalue weighted by atomic mass is 9.95. The van der Waals surface area contributed by atoms with Crippen LogP contribution in [0.5, 0.6) is 11.6 Å². The van der Waals surface area contributed by atoms with Crippen molar-refractivity contribution in [2.24, 2.45) is 11.7 Å². The molecule has 3 aromatic rings. The molecule has 40 heavy (non-hydrogen) atoms. The van der Waals surface area contributed by atoms with E-state index in [1.807, 2.05) is 31.4 Å². The summed E-state index contributed by atoms with van der Waals surface area (Å²) < 4.78 is 17.5. The van der Waals surface area contributed by atoms with E-state index in [1.54, 1.807) is 7.11 Å². The van der Waals surface area contributed by atoms with E-state index < -0.39 is 11.7 Å². The highest BCUT2D eigenvalue weighted by atomic mass is 32.1. The van der Waals surface area contributed by atoms with Crippen LogP contribution in [-0.2, 0) is 4.74 Å². The summed E-state index contributed by atoms with van der Waals surface area (Å²) in [6.07, 6.45) is 2.01. The van der Waals surface area contributed by atoms with Gasteiger partial charge in [0.25, 0.3) is 0 Å². The molecule has 0 bridgehead atoms. The summed E-state index contributed by atoms with van der Waals surface area (Å²) >= 11 is 1.53. The molecule has 0 saturated carbocycles. The molecule has 1 aliphatic rings. The van der Waals surface area contributed by atoms with E-state index in [-0.39, 0.29) is 12.5 Å². The maximum Gasteiger partial charge on any atom is 0.405 e. The Bertz CT molecular complexity index is 1320. The number of nitrogens with two attached hydrogens (primary N) is 1. The quantitative estimate of drug-likeness (QED) is 0.306. The minimum atomic E-state index is -0.890. The predicted molar refractivity (Wildman–Crippen MR) is 161 cm³/mol. The summed E-state index contributed by atoms with van der Waals surface area (Å²) in [7, 11) is 5.99. The Hall–Kier alpha value is -3.31. The topological polar surface area (TPSA) is 115 Å². The van der Waals surface area contributed by atoms with Crippen molar-refractivity contribution in [1.82, 2.24) is 14.9 Å². The SMILES string of the molecule is COc1cc(Nc2nc(OC[C@](C)(CC(C)C)OC(N)=O)c3c(C)csc3n2)ccc1N1CCC(N(C)C)CC1. The number of anilines is 3. The van der Waals surface area contributed by atoms with E-state index in [0.717, 1.165) is 58.8 Å². The van der Waals surface area contributed by atoms with Crippen molar-refractivity contribution in [2.45, 2.75) is 58.6 Å². The number of primary amides is 1. The third-order valence-electron chi connectivity index (χ3n) is 7.26. The first-order chi connectivity index (χ1) is 19.0. The second-order valence-electron chi connectivity index (χ2n) is 11.4. The molecule has 1 atom stereocenters. The zero-order valence-electron chi connectivity index (χ0n) is 24.6. The molecular formula is C29H42N6O4S. The van der Waals surface area contributed by atoms with Gasteiger partial charge < -0.3 is 35.1 Å². The Morgan fingerprint density at radius 2 is 2.00 bits per heavy atom.